The summed E-state index contributed by atoms with van der Waals surface area (Å²) in [5.41, 5.74) is 2.52. The molecule has 2 aliphatic heterocycles. The molecule has 1 aromatic heterocycles. The van der Waals surface area contributed by atoms with E-state index in [0.717, 1.165) is 29.2 Å². The van der Waals surface area contributed by atoms with Gasteiger partial charge in [-0.25, -0.2) is 8.78 Å². The molecule has 3 heterocycles. The number of aromatic nitrogens is 1. The Labute approximate surface area is 161 Å². The number of anilines is 1. The first-order valence-corrected chi connectivity index (χ1v) is 9.38. The average Bonchev–Trinajstić information content (AvgIpc) is 3.20. The fraction of sp³-hybridized carbons (Fsp3) is 0.227. The van der Waals surface area contributed by atoms with Crippen LogP contribution in [0.25, 0.3) is 5.69 Å². The number of rotatable bonds is 1. The summed E-state index contributed by atoms with van der Waals surface area (Å²) >= 11 is 0. The van der Waals surface area contributed by atoms with E-state index in [0.29, 0.717) is 25.9 Å². The number of piperidine rings is 1. The number of hydrogen-bond donors (Lipinski definition) is 1. The highest BCUT2D eigenvalue weighted by molar-refractivity contribution is 5.94. The maximum atomic E-state index is 14.0. The average molecular weight is 379 g/mol. The van der Waals surface area contributed by atoms with Gasteiger partial charge in [0.1, 0.15) is 17.2 Å². The highest BCUT2D eigenvalue weighted by Gasteiger charge is 2.42. The van der Waals surface area contributed by atoms with Crippen molar-refractivity contribution in [2.75, 3.05) is 18.4 Å². The number of nitrogens with one attached hydrogen (secondary N) is 1. The van der Waals surface area contributed by atoms with E-state index < -0.39 is 23.1 Å². The maximum absolute atomic E-state index is 14.0. The predicted molar refractivity (Wildman–Crippen MR) is 103 cm³/mol. The number of amides is 1. The number of nitrogens with zero attached hydrogens (tertiary/aromatic N) is 2. The Morgan fingerprint density at radius 2 is 1.64 bits per heavy atom. The summed E-state index contributed by atoms with van der Waals surface area (Å²) in [4.78, 5) is 14.3. The second-order valence-electron chi connectivity index (χ2n) is 7.38. The molecule has 28 heavy (non-hydrogen) atoms. The monoisotopic (exact) mass is 379 g/mol. The van der Waals surface area contributed by atoms with Gasteiger partial charge in [0, 0.05) is 25.0 Å². The van der Waals surface area contributed by atoms with E-state index in [-0.39, 0.29) is 5.54 Å². The molecule has 6 heteroatoms. The standard InChI is InChI=1S/C22H19F2N3O/c23-15-5-3-6-16(24)20(15)21(28)26-13-10-22(11-14-26)19-9-4-12-27(19)18-8-2-1-7-17(18)25-22/h1-9,12,25H,10-11,13-14H2. The molecule has 0 radical (unpaired) electrons. The van der Waals surface area contributed by atoms with Crippen molar-refractivity contribution in [3.8, 4) is 5.69 Å². The van der Waals surface area contributed by atoms with Crippen LogP contribution in [0.2, 0.25) is 0 Å². The van der Waals surface area contributed by atoms with E-state index in [9.17, 15) is 13.6 Å². The lowest BCUT2D eigenvalue weighted by Crippen LogP contribution is -2.51. The molecular weight excluding hydrogens is 360 g/mol. The van der Waals surface area contributed by atoms with Crippen LogP contribution in [0.5, 0.6) is 0 Å². The zero-order valence-electron chi connectivity index (χ0n) is 15.2. The van der Waals surface area contributed by atoms with Crippen molar-refractivity contribution in [1.29, 1.82) is 0 Å². The Morgan fingerprint density at radius 1 is 0.929 bits per heavy atom. The van der Waals surface area contributed by atoms with Gasteiger partial charge in [0.05, 0.1) is 16.9 Å². The molecule has 4 nitrogen and oxygen atoms in total. The summed E-state index contributed by atoms with van der Waals surface area (Å²) in [6, 6.07) is 15.7. The minimum absolute atomic E-state index is 0.303. The molecule has 0 atom stereocenters. The van der Waals surface area contributed by atoms with Gasteiger partial charge in [-0.2, -0.15) is 0 Å². The highest BCUT2D eigenvalue weighted by Crippen LogP contribution is 2.43. The van der Waals surface area contributed by atoms with Crippen LogP contribution in [-0.4, -0.2) is 28.5 Å². The van der Waals surface area contributed by atoms with Gasteiger partial charge in [-0.3, -0.25) is 4.79 Å². The van der Waals surface area contributed by atoms with E-state index in [1.165, 1.54) is 6.07 Å². The summed E-state index contributed by atoms with van der Waals surface area (Å²) in [6.07, 6.45) is 3.36. The number of carbonyl (C=O) groups excluding carboxylic acids is 1. The topological polar surface area (TPSA) is 37.3 Å². The SMILES string of the molecule is O=C(c1c(F)cccc1F)N1CCC2(CC1)Nc1ccccc1-n1cccc12. The van der Waals surface area contributed by atoms with Crippen LogP contribution in [0, 0.1) is 11.6 Å². The third-order valence-corrected chi connectivity index (χ3v) is 5.86. The molecule has 1 spiro atoms. The van der Waals surface area contributed by atoms with E-state index >= 15 is 0 Å². The highest BCUT2D eigenvalue weighted by atomic mass is 19.1. The third-order valence-electron chi connectivity index (χ3n) is 5.86. The molecule has 0 aliphatic carbocycles. The van der Waals surface area contributed by atoms with E-state index in [4.69, 9.17) is 0 Å². The van der Waals surface area contributed by atoms with Crippen molar-refractivity contribution in [1.82, 2.24) is 9.47 Å². The molecule has 0 unspecified atom stereocenters. The molecule has 3 aromatic rings. The van der Waals surface area contributed by atoms with Crippen LogP contribution in [-0.2, 0) is 5.54 Å². The number of para-hydroxylation sites is 2. The van der Waals surface area contributed by atoms with Gasteiger partial charge < -0.3 is 14.8 Å². The van der Waals surface area contributed by atoms with Crippen LogP contribution < -0.4 is 5.32 Å². The van der Waals surface area contributed by atoms with Crippen LogP contribution in [0.3, 0.4) is 0 Å². The van der Waals surface area contributed by atoms with Crippen molar-refractivity contribution in [2.24, 2.45) is 0 Å². The van der Waals surface area contributed by atoms with Crippen molar-refractivity contribution in [2.45, 2.75) is 18.4 Å². The van der Waals surface area contributed by atoms with Crippen molar-refractivity contribution in [3.63, 3.8) is 0 Å². The van der Waals surface area contributed by atoms with E-state index in [2.05, 4.69) is 22.0 Å². The molecule has 1 fully saturated rings. The van der Waals surface area contributed by atoms with Gasteiger partial charge in [-0.05, 0) is 49.2 Å². The lowest BCUT2D eigenvalue weighted by atomic mass is 9.82. The summed E-state index contributed by atoms with van der Waals surface area (Å²) in [6.45, 7) is 0.847. The molecular formula is C22H19F2N3O. The second-order valence-corrected chi connectivity index (χ2v) is 7.38. The smallest absolute Gasteiger partial charge is 0.259 e. The Morgan fingerprint density at radius 3 is 2.39 bits per heavy atom. The number of hydrogen-bond acceptors (Lipinski definition) is 2. The first-order valence-electron chi connectivity index (χ1n) is 9.38. The van der Waals surface area contributed by atoms with E-state index in [1.807, 2.05) is 30.5 Å². The first kappa shape index (κ1) is 17.0. The largest absolute Gasteiger partial charge is 0.372 e. The molecule has 0 bridgehead atoms. The Kier molecular flexibility index (Phi) is 3.75. The first-order chi connectivity index (χ1) is 13.6. The fourth-order valence-electron chi connectivity index (χ4n) is 4.43. The summed E-state index contributed by atoms with van der Waals surface area (Å²) in [5, 5.41) is 3.67. The molecule has 5 rings (SSSR count). The van der Waals surface area contributed by atoms with Gasteiger partial charge in [0.25, 0.3) is 5.91 Å². The van der Waals surface area contributed by atoms with Crippen LogP contribution >= 0.6 is 0 Å². The Balaban J connectivity index is 1.43. The van der Waals surface area contributed by atoms with Gasteiger partial charge in [-0.1, -0.05) is 18.2 Å². The quantitative estimate of drug-likeness (QED) is 0.684. The van der Waals surface area contributed by atoms with Crippen LogP contribution in [0.1, 0.15) is 28.9 Å². The number of carbonyl (C=O) groups is 1. The van der Waals surface area contributed by atoms with Gasteiger partial charge >= 0.3 is 0 Å². The molecule has 142 valence electrons. The number of benzene rings is 2. The number of likely N-dealkylation sites (tertiary alicyclic amines) is 1. The van der Waals surface area contributed by atoms with Crippen molar-refractivity contribution < 1.29 is 13.6 Å². The zero-order valence-corrected chi connectivity index (χ0v) is 15.2. The number of fused-ring (bicyclic) bond motifs is 4. The normalized spacial score (nSPS) is 17.0. The lowest BCUT2D eigenvalue weighted by molar-refractivity contribution is 0.0666. The summed E-state index contributed by atoms with van der Waals surface area (Å²) in [7, 11) is 0. The van der Waals surface area contributed by atoms with Crippen LogP contribution in [0.15, 0.2) is 60.8 Å². The summed E-state index contributed by atoms with van der Waals surface area (Å²) in [5.74, 6) is -2.22. The number of halogens is 2. The fourth-order valence-corrected chi connectivity index (χ4v) is 4.43. The maximum Gasteiger partial charge on any atom is 0.259 e. The molecule has 1 saturated heterocycles. The van der Waals surface area contributed by atoms with Gasteiger partial charge in [0.2, 0.25) is 0 Å². The molecule has 1 N–H and O–H groups in total. The minimum atomic E-state index is -0.816. The molecule has 2 aliphatic rings. The Hall–Kier alpha value is -3.15. The molecule has 1 amide bonds. The summed E-state index contributed by atoms with van der Waals surface area (Å²) < 4.78 is 30.2. The Bertz CT molecular complexity index is 1050. The molecule has 0 saturated carbocycles. The predicted octanol–water partition coefficient (Wildman–Crippen LogP) is 4.31. The second kappa shape index (κ2) is 6.19. The van der Waals surface area contributed by atoms with Crippen LogP contribution in [0.4, 0.5) is 14.5 Å². The zero-order chi connectivity index (χ0) is 19.3. The van der Waals surface area contributed by atoms with Crippen molar-refractivity contribution >= 4 is 11.6 Å². The van der Waals surface area contributed by atoms with E-state index in [1.54, 1.807) is 4.90 Å². The van der Waals surface area contributed by atoms with Gasteiger partial charge in [-0.15, -0.1) is 0 Å². The van der Waals surface area contributed by atoms with Crippen molar-refractivity contribution in [3.05, 3.63) is 83.7 Å². The minimum Gasteiger partial charge on any atom is -0.372 e. The third kappa shape index (κ3) is 2.44. The van der Waals surface area contributed by atoms with Gasteiger partial charge in [0.15, 0.2) is 0 Å². The lowest BCUT2D eigenvalue weighted by Gasteiger charge is -2.46. The molecule has 2 aromatic carbocycles.